The molecule has 1 aliphatic rings. The van der Waals surface area contributed by atoms with E-state index in [1.807, 2.05) is 0 Å². The summed E-state index contributed by atoms with van der Waals surface area (Å²) in [7, 11) is 0. The number of carbonyl (C=O) groups is 1. The fourth-order valence-corrected chi connectivity index (χ4v) is 2.65. The molecule has 5 atom stereocenters. The molecule has 0 radical (unpaired) electrons. The molecule has 0 aromatic rings. The van der Waals surface area contributed by atoms with E-state index in [1.54, 1.807) is 0 Å². The Labute approximate surface area is 106 Å². The monoisotopic (exact) mass is 240 g/mol. The van der Waals surface area contributed by atoms with Crippen LogP contribution in [0.3, 0.4) is 0 Å². The molecule has 0 saturated heterocycles. The van der Waals surface area contributed by atoms with Gasteiger partial charge in [0.05, 0.1) is 0 Å². The van der Waals surface area contributed by atoms with Crippen molar-refractivity contribution >= 4 is 5.91 Å². The van der Waals surface area contributed by atoms with Gasteiger partial charge in [-0.2, -0.15) is 0 Å². The van der Waals surface area contributed by atoms with Gasteiger partial charge in [0.15, 0.2) is 0 Å². The number of rotatable bonds is 4. The Balaban J connectivity index is 2.47. The Hall–Kier alpha value is -0.570. The molecule has 1 rings (SSSR count). The van der Waals surface area contributed by atoms with Crippen LogP contribution < -0.4 is 11.1 Å². The summed E-state index contributed by atoms with van der Waals surface area (Å²) in [5.41, 5.74) is 5.93. The molecule has 17 heavy (non-hydrogen) atoms. The van der Waals surface area contributed by atoms with Crippen molar-refractivity contribution in [2.24, 2.45) is 23.5 Å². The van der Waals surface area contributed by atoms with Gasteiger partial charge in [0.1, 0.15) is 0 Å². The zero-order valence-electron chi connectivity index (χ0n) is 11.7. The highest BCUT2D eigenvalue weighted by molar-refractivity contribution is 5.79. The fraction of sp³-hybridized carbons (Fsp3) is 0.929. The molecule has 1 saturated carbocycles. The van der Waals surface area contributed by atoms with Crippen LogP contribution in [0.25, 0.3) is 0 Å². The van der Waals surface area contributed by atoms with Crippen molar-refractivity contribution in [3.05, 3.63) is 0 Å². The predicted molar refractivity (Wildman–Crippen MR) is 71.5 cm³/mol. The zero-order valence-corrected chi connectivity index (χ0v) is 11.7. The number of nitrogens with one attached hydrogen (secondary N) is 1. The summed E-state index contributed by atoms with van der Waals surface area (Å²) in [4.78, 5) is 12.2. The van der Waals surface area contributed by atoms with Gasteiger partial charge in [0.25, 0.3) is 0 Å². The van der Waals surface area contributed by atoms with E-state index in [2.05, 4.69) is 33.0 Å². The smallest absolute Gasteiger partial charge is 0.223 e. The molecule has 0 aliphatic heterocycles. The molecule has 3 nitrogen and oxygen atoms in total. The average molecular weight is 240 g/mol. The lowest BCUT2D eigenvalue weighted by Gasteiger charge is -2.33. The van der Waals surface area contributed by atoms with Gasteiger partial charge in [0.2, 0.25) is 5.91 Å². The molecule has 1 amide bonds. The van der Waals surface area contributed by atoms with Gasteiger partial charge >= 0.3 is 0 Å². The molecule has 1 fully saturated rings. The summed E-state index contributed by atoms with van der Waals surface area (Å²) < 4.78 is 0. The van der Waals surface area contributed by atoms with Crippen molar-refractivity contribution in [2.75, 3.05) is 0 Å². The summed E-state index contributed by atoms with van der Waals surface area (Å²) in [5, 5.41) is 3.17. The predicted octanol–water partition coefficient (Wildman–Crippen LogP) is 2.30. The first kappa shape index (κ1) is 14.5. The van der Waals surface area contributed by atoms with Gasteiger partial charge in [-0.05, 0) is 38.0 Å². The maximum absolute atomic E-state index is 12.2. The van der Waals surface area contributed by atoms with E-state index >= 15 is 0 Å². The minimum absolute atomic E-state index is 0.168. The quantitative estimate of drug-likeness (QED) is 0.792. The third-order valence-corrected chi connectivity index (χ3v) is 4.41. The molecule has 3 N–H and O–H groups in total. The molecule has 0 bridgehead atoms. The maximum atomic E-state index is 12.2. The minimum Gasteiger partial charge on any atom is -0.353 e. The summed E-state index contributed by atoms with van der Waals surface area (Å²) in [6.07, 6.45) is 4.02. The molecule has 0 aromatic heterocycles. The Morgan fingerprint density at radius 3 is 2.59 bits per heavy atom. The second-order valence-corrected chi connectivity index (χ2v) is 5.84. The molecular weight excluding hydrogens is 212 g/mol. The van der Waals surface area contributed by atoms with Crippen LogP contribution in [0.4, 0.5) is 0 Å². The highest BCUT2D eigenvalue weighted by Crippen LogP contribution is 2.29. The zero-order chi connectivity index (χ0) is 13.0. The number of hydrogen-bond acceptors (Lipinski definition) is 2. The van der Waals surface area contributed by atoms with Crippen molar-refractivity contribution in [2.45, 2.75) is 65.5 Å². The third-order valence-electron chi connectivity index (χ3n) is 4.41. The molecule has 5 unspecified atom stereocenters. The van der Waals surface area contributed by atoms with E-state index in [0.29, 0.717) is 17.9 Å². The highest BCUT2D eigenvalue weighted by Gasteiger charge is 2.31. The Bertz CT molecular complexity index is 255. The van der Waals surface area contributed by atoms with E-state index in [-0.39, 0.29) is 17.9 Å². The minimum atomic E-state index is 0.168. The van der Waals surface area contributed by atoms with Gasteiger partial charge in [-0.3, -0.25) is 4.79 Å². The van der Waals surface area contributed by atoms with Crippen molar-refractivity contribution in [1.82, 2.24) is 5.32 Å². The summed E-state index contributed by atoms with van der Waals surface area (Å²) in [5.74, 6) is 1.36. The van der Waals surface area contributed by atoms with Crippen LogP contribution in [-0.2, 0) is 4.79 Å². The van der Waals surface area contributed by atoms with Crippen LogP contribution in [0.1, 0.15) is 53.4 Å². The van der Waals surface area contributed by atoms with Crippen LogP contribution >= 0.6 is 0 Å². The lowest BCUT2D eigenvalue weighted by Crippen LogP contribution is -2.45. The Morgan fingerprint density at radius 1 is 1.41 bits per heavy atom. The largest absolute Gasteiger partial charge is 0.353 e. The van der Waals surface area contributed by atoms with Crippen molar-refractivity contribution in [3.63, 3.8) is 0 Å². The van der Waals surface area contributed by atoms with E-state index in [4.69, 9.17) is 5.73 Å². The van der Waals surface area contributed by atoms with Crippen LogP contribution in [0, 0.1) is 17.8 Å². The summed E-state index contributed by atoms with van der Waals surface area (Å²) in [6.45, 7) is 8.60. The fourth-order valence-electron chi connectivity index (χ4n) is 2.65. The first-order chi connectivity index (χ1) is 7.95. The standard InChI is InChI=1S/C14H28N2O/c1-5-9(2)11(4)16-14(17)13-7-6-12(15)8-10(13)3/h9-13H,5-8,15H2,1-4H3,(H,16,17). The molecule has 0 heterocycles. The maximum Gasteiger partial charge on any atom is 0.223 e. The van der Waals surface area contributed by atoms with Crippen molar-refractivity contribution in [3.8, 4) is 0 Å². The third kappa shape index (κ3) is 3.98. The van der Waals surface area contributed by atoms with Crippen molar-refractivity contribution < 1.29 is 4.79 Å². The van der Waals surface area contributed by atoms with E-state index in [1.165, 1.54) is 0 Å². The van der Waals surface area contributed by atoms with Gasteiger partial charge in [-0.15, -0.1) is 0 Å². The van der Waals surface area contributed by atoms with Gasteiger partial charge in [-0.25, -0.2) is 0 Å². The lowest BCUT2D eigenvalue weighted by molar-refractivity contribution is -0.128. The Kier molecular flexibility index (Phi) is 5.44. The summed E-state index contributed by atoms with van der Waals surface area (Å²) >= 11 is 0. The molecule has 0 aromatic carbocycles. The van der Waals surface area contributed by atoms with E-state index < -0.39 is 0 Å². The second-order valence-electron chi connectivity index (χ2n) is 5.84. The number of nitrogens with two attached hydrogens (primary N) is 1. The first-order valence-electron chi connectivity index (χ1n) is 7.01. The SMILES string of the molecule is CCC(C)C(C)NC(=O)C1CCC(N)CC1C. The Morgan fingerprint density at radius 2 is 2.06 bits per heavy atom. The van der Waals surface area contributed by atoms with Crippen LogP contribution in [0.15, 0.2) is 0 Å². The molecular formula is C14H28N2O. The number of carbonyl (C=O) groups excluding carboxylic acids is 1. The first-order valence-corrected chi connectivity index (χ1v) is 7.01. The normalized spacial score (nSPS) is 32.9. The number of amides is 1. The van der Waals surface area contributed by atoms with Crippen molar-refractivity contribution in [1.29, 1.82) is 0 Å². The molecule has 1 aliphatic carbocycles. The topological polar surface area (TPSA) is 55.1 Å². The van der Waals surface area contributed by atoms with E-state index in [0.717, 1.165) is 25.7 Å². The highest BCUT2D eigenvalue weighted by atomic mass is 16.1. The van der Waals surface area contributed by atoms with Gasteiger partial charge in [0, 0.05) is 18.0 Å². The second kappa shape index (κ2) is 6.39. The van der Waals surface area contributed by atoms with Crippen LogP contribution in [0.2, 0.25) is 0 Å². The van der Waals surface area contributed by atoms with E-state index in [9.17, 15) is 4.79 Å². The molecule has 0 spiro atoms. The molecule has 3 heteroatoms. The summed E-state index contributed by atoms with van der Waals surface area (Å²) in [6, 6.07) is 0.566. The van der Waals surface area contributed by atoms with Gasteiger partial charge in [-0.1, -0.05) is 27.2 Å². The number of hydrogen-bond donors (Lipinski definition) is 2. The van der Waals surface area contributed by atoms with Crippen LogP contribution in [-0.4, -0.2) is 18.0 Å². The van der Waals surface area contributed by atoms with Crippen LogP contribution in [0.5, 0.6) is 0 Å². The lowest BCUT2D eigenvalue weighted by atomic mass is 9.77. The van der Waals surface area contributed by atoms with Gasteiger partial charge < -0.3 is 11.1 Å². The molecule has 100 valence electrons. The average Bonchev–Trinajstić information content (AvgIpc) is 2.27.